The van der Waals surface area contributed by atoms with E-state index in [0.29, 0.717) is 6.04 Å². The predicted octanol–water partition coefficient (Wildman–Crippen LogP) is 2.59. The number of hydrogen-bond acceptors (Lipinski definition) is 3. The third-order valence-electron chi connectivity index (χ3n) is 4.66. The van der Waals surface area contributed by atoms with Crippen LogP contribution >= 0.6 is 0 Å². The zero-order chi connectivity index (χ0) is 13.8. The van der Waals surface area contributed by atoms with Gasteiger partial charge in [-0.2, -0.15) is 0 Å². The Morgan fingerprint density at radius 2 is 2.25 bits per heavy atom. The molecule has 0 bridgehead atoms. The number of likely N-dealkylation sites (N-methyl/N-ethyl adjacent to an activating group) is 1. The van der Waals surface area contributed by atoms with Gasteiger partial charge < -0.3 is 10.1 Å². The monoisotopic (exact) mass is 274 g/mol. The lowest BCUT2D eigenvalue weighted by Gasteiger charge is -2.34. The number of hydrogen-bond donors (Lipinski definition) is 1. The normalized spacial score (nSPS) is 23.4. The fourth-order valence-corrected chi connectivity index (χ4v) is 3.40. The van der Waals surface area contributed by atoms with Gasteiger partial charge in [0.1, 0.15) is 12.4 Å². The molecule has 1 saturated heterocycles. The van der Waals surface area contributed by atoms with Gasteiger partial charge in [-0.1, -0.05) is 19.4 Å². The molecule has 3 nitrogen and oxygen atoms in total. The van der Waals surface area contributed by atoms with Gasteiger partial charge in [-0.15, -0.1) is 0 Å². The molecule has 110 valence electrons. The van der Waals surface area contributed by atoms with Gasteiger partial charge in [-0.25, -0.2) is 0 Å². The lowest BCUT2D eigenvalue weighted by molar-refractivity contribution is 0.105. The highest BCUT2D eigenvalue weighted by atomic mass is 16.5. The molecule has 2 aliphatic rings. The average Bonchev–Trinajstić information content (AvgIpc) is 2.53. The van der Waals surface area contributed by atoms with Gasteiger partial charge in [-0.05, 0) is 62.2 Å². The quantitative estimate of drug-likeness (QED) is 0.913. The fourth-order valence-electron chi connectivity index (χ4n) is 3.40. The lowest BCUT2D eigenvalue weighted by atomic mass is 10.0. The second-order valence-electron chi connectivity index (χ2n) is 5.95. The van der Waals surface area contributed by atoms with Gasteiger partial charge in [0, 0.05) is 12.6 Å². The highest BCUT2D eigenvalue weighted by Crippen LogP contribution is 2.22. The second-order valence-corrected chi connectivity index (χ2v) is 5.95. The Balaban J connectivity index is 1.60. The van der Waals surface area contributed by atoms with E-state index in [9.17, 15) is 0 Å². The summed E-state index contributed by atoms with van der Waals surface area (Å²) < 4.78 is 6.08. The summed E-state index contributed by atoms with van der Waals surface area (Å²) in [6.07, 6.45) is 5.09. The molecule has 2 aliphatic heterocycles. The first kappa shape index (κ1) is 13.9. The number of fused-ring (bicyclic) bond motifs is 1. The summed E-state index contributed by atoms with van der Waals surface area (Å²) >= 11 is 0. The van der Waals surface area contributed by atoms with Crippen LogP contribution < -0.4 is 10.1 Å². The average molecular weight is 274 g/mol. The van der Waals surface area contributed by atoms with Crippen LogP contribution in [0.3, 0.4) is 0 Å². The largest absolute Gasteiger partial charge is 0.492 e. The van der Waals surface area contributed by atoms with Crippen molar-refractivity contribution < 1.29 is 4.74 Å². The number of nitrogens with zero attached hydrogens (tertiary/aromatic N) is 1. The van der Waals surface area contributed by atoms with E-state index >= 15 is 0 Å². The van der Waals surface area contributed by atoms with E-state index in [4.69, 9.17) is 4.74 Å². The molecule has 3 rings (SSSR count). The highest BCUT2D eigenvalue weighted by Gasteiger charge is 2.21. The van der Waals surface area contributed by atoms with E-state index in [0.717, 1.165) is 38.4 Å². The van der Waals surface area contributed by atoms with Gasteiger partial charge in [0.05, 0.1) is 0 Å². The van der Waals surface area contributed by atoms with Crippen molar-refractivity contribution in [1.29, 1.82) is 0 Å². The first-order valence-corrected chi connectivity index (χ1v) is 8.06. The molecule has 2 heterocycles. The number of ether oxygens (including phenoxy) is 1. The van der Waals surface area contributed by atoms with Gasteiger partial charge in [-0.3, -0.25) is 4.90 Å². The maximum atomic E-state index is 6.08. The summed E-state index contributed by atoms with van der Waals surface area (Å²) in [4.78, 5) is 2.56. The van der Waals surface area contributed by atoms with Crippen LogP contribution in [0.4, 0.5) is 0 Å². The van der Waals surface area contributed by atoms with Crippen molar-refractivity contribution in [2.24, 2.45) is 0 Å². The molecule has 1 aromatic rings. The van der Waals surface area contributed by atoms with Gasteiger partial charge in [0.15, 0.2) is 0 Å². The van der Waals surface area contributed by atoms with E-state index in [1.807, 2.05) is 0 Å². The van der Waals surface area contributed by atoms with E-state index < -0.39 is 0 Å². The molecule has 1 unspecified atom stereocenters. The van der Waals surface area contributed by atoms with Crippen LogP contribution in [0, 0.1) is 0 Å². The molecule has 0 amide bonds. The molecule has 0 aliphatic carbocycles. The Bertz CT molecular complexity index is 447. The summed E-state index contributed by atoms with van der Waals surface area (Å²) in [5, 5.41) is 3.41. The Morgan fingerprint density at radius 1 is 1.30 bits per heavy atom. The number of likely N-dealkylation sites (tertiary alicyclic amines) is 1. The van der Waals surface area contributed by atoms with E-state index in [2.05, 4.69) is 35.3 Å². The Labute approximate surface area is 122 Å². The van der Waals surface area contributed by atoms with Gasteiger partial charge in [0.2, 0.25) is 0 Å². The van der Waals surface area contributed by atoms with Gasteiger partial charge >= 0.3 is 0 Å². The molecule has 1 atom stereocenters. The molecule has 0 aromatic heterocycles. The maximum absolute atomic E-state index is 6.08. The number of benzene rings is 1. The molecule has 1 N–H and O–H groups in total. The first-order valence-electron chi connectivity index (χ1n) is 8.06. The van der Waals surface area contributed by atoms with Crippen molar-refractivity contribution in [3.63, 3.8) is 0 Å². The molecule has 1 fully saturated rings. The van der Waals surface area contributed by atoms with E-state index in [1.54, 1.807) is 0 Å². The second kappa shape index (κ2) is 6.59. The van der Waals surface area contributed by atoms with Crippen molar-refractivity contribution >= 4 is 0 Å². The molecule has 1 aromatic carbocycles. The van der Waals surface area contributed by atoms with Crippen LogP contribution in [-0.2, 0) is 13.0 Å². The topological polar surface area (TPSA) is 24.5 Å². The fraction of sp³-hybridized carbons (Fsp3) is 0.647. The molecular weight excluding hydrogens is 248 g/mol. The van der Waals surface area contributed by atoms with Crippen LogP contribution in [0.2, 0.25) is 0 Å². The number of rotatable bonds is 4. The zero-order valence-electron chi connectivity index (χ0n) is 12.5. The van der Waals surface area contributed by atoms with E-state index in [1.165, 1.54) is 36.9 Å². The zero-order valence-corrected chi connectivity index (χ0v) is 12.5. The first-order chi connectivity index (χ1) is 9.86. The predicted molar refractivity (Wildman–Crippen MR) is 82.2 cm³/mol. The smallest absolute Gasteiger partial charge is 0.119 e. The summed E-state index contributed by atoms with van der Waals surface area (Å²) in [7, 11) is 0. The highest BCUT2D eigenvalue weighted by molar-refractivity contribution is 5.37. The minimum Gasteiger partial charge on any atom is -0.492 e. The third-order valence-corrected chi connectivity index (χ3v) is 4.66. The van der Waals surface area contributed by atoms with Crippen molar-refractivity contribution in [2.45, 2.75) is 45.2 Å². The molecular formula is C17H26N2O. The SMILES string of the molecule is CCN1CCCCC1COc1ccc2c(c1)CCNC2. The molecule has 0 saturated carbocycles. The van der Waals surface area contributed by atoms with E-state index in [-0.39, 0.29) is 0 Å². The molecule has 20 heavy (non-hydrogen) atoms. The van der Waals surface area contributed by atoms with Crippen molar-refractivity contribution in [3.8, 4) is 5.75 Å². The molecule has 0 spiro atoms. The number of piperidine rings is 1. The lowest BCUT2D eigenvalue weighted by Crippen LogP contribution is -2.42. The van der Waals surface area contributed by atoms with Gasteiger partial charge in [0.25, 0.3) is 0 Å². The number of nitrogens with one attached hydrogen (secondary N) is 1. The van der Waals surface area contributed by atoms with Crippen molar-refractivity contribution in [2.75, 3.05) is 26.2 Å². The van der Waals surface area contributed by atoms with Crippen LogP contribution in [0.15, 0.2) is 18.2 Å². The summed E-state index contributed by atoms with van der Waals surface area (Å²) in [5.74, 6) is 1.05. The maximum Gasteiger partial charge on any atom is 0.119 e. The Hall–Kier alpha value is -1.06. The van der Waals surface area contributed by atoms with Crippen LogP contribution in [0.5, 0.6) is 5.75 Å². The standard InChI is InChI=1S/C17H26N2O/c1-2-19-10-4-3-5-16(19)13-20-17-7-6-15-12-18-9-8-14(15)11-17/h6-7,11,16,18H,2-5,8-10,12-13H2,1H3. The van der Waals surface area contributed by atoms with Crippen LogP contribution in [0.25, 0.3) is 0 Å². The Morgan fingerprint density at radius 3 is 3.15 bits per heavy atom. The molecule has 3 heteroatoms. The van der Waals surface area contributed by atoms with Crippen LogP contribution in [-0.4, -0.2) is 37.2 Å². The minimum atomic E-state index is 0.603. The summed E-state index contributed by atoms with van der Waals surface area (Å²) in [6, 6.07) is 7.20. The molecule has 0 radical (unpaired) electrons. The Kier molecular flexibility index (Phi) is 4.58. The minimum absolute atomic E-state index is 0.603. The summed E-state index contributed by atoms with van der Waals surface area (Å²) in [5.41, 5.74) is 2.88. The third kappa shape index (κ3) is 3.15. The van der Waals surface area contributed by atoms with Crippen molar-refractivity contribution in [1.82, 2.24) is 10.2 Å². The van der Waals surface area contributed by atoms with Crippen molar-refractivity contribution in [3.05, 3.63) is 29.3 Å². The summed E-state index contributed by atoms with van der Waals surface area (Å²) in [6.45, 7) is 7.56. The van der Waals surface area contributed by atoms with Crippen LogP contribution in [0.1, 0.15) is 37.3 Å².